The van der Waals surface area contributed by atoms with Crippen molar-refractivity contribution in [3.63, 3.8) is 0 Å². The van der Waals surface area contributed by atoms with Gasteiger partial charge in [0, 0.05) is 24.1 Å². The zero-order valence-corrected chi connectivity index (χ0v) is 20.4. The average molecular weight is 497 g/mol. The van der Waals surface area contributed by atoms with Gasteiger partial charge in [0.1, 0.15) is 5.82 Å². The van der Waals surface area contributed by atoms with Crippen molar-refractivity contribution in [3.05, 3.63) is 125 Å². The summed E-state index contributed by atoms with van der Waals surface area (Å²) in [6.45, 7) is 1.19. The van der Waals surface area contributed by atoms with Crippen LogP contribution in [0, 0.1) is 5.82 Å². The Morgan fingerprint density at radius 2 is 1.64 bits per heavy atom. The number of pyridine rings is 1. The third-order valence-corrected chi connectivity index (χ3v) is 6.94. The number of carbonyl (C=O) groups excluding carboxylic acids is 1. The minimum absolute atomic E-state index is 0.0784. The third-order valence-electron chi connectivity index (χ3n) is 5.90. The van der Waals surface area contributed by atoms with Gasteiger partial charge in [0.05, 0.1) is 23.8 Å². The van der Waals surface area contributed by atoms with Crippen molar-refractivity contribution in [2.24, 2.45) is 0 Å². The standard InChI is InChI=1S/C29H25FN4OS/c30-25-12-8-23(9-13-25)20-36-29-33-26-15-16-31-18-27(26)34(29)19-22-6-10-24(11-7-22)28(35)32-17-14-21-4-2-1-3-5-21/h1-13,15-16,18H,14,17,19-20H2,(H,32,35). The summed E-state index contributed by atoms with van der Waals surface area (Å²) in [5.41, 5.74) is 5.74. The highest BCUT2D eigenvalue weighted by Gasteiger charge is 2.13. The molecule has 5 rings (SSSR count). The fourth-order valence-corrected chi connectivity index (χ4v) is 4.92. The fraction of sp³-hybridized carbons (Fsp3) is 0.138. The molecule has 0 saturated carbocycles. The second-order valence-corrected chi connectivity index (χ2v) is 9.39. The molecule has 2 heterocycles. The Morgan fingerprint density at radius 3 is 2.42 bits per heavy atom. The molecule has 0 aliphatic rings. The quantitative estimate of drug-likeness (QED) is 0.259. The van der Waals surface area contributed by atoms with Crippen molar-refractivity contribution in [3.8, 4) is 0 Å². The number of hydrogen-bond acceptors (Lipinski definition) is 4. The largest absolute Gasteiger partial charge is 0.352 e. The maximum Gasteiger partial charge on any atom is 0.251 e. The average Bonchev–Trinajstić information content (AvgIpc) is 3.26. The van der Waals surface area contributed by atoms with Gasteiger partial charge < -0.3 is 9.88 Å². The van der Waals surface area contributed by atoms with Crippen molar-refractivity contribution >= 4 is 28.7 Å². The molecular formula is C29H25FN4OS. The molecule has 0 aliphatic heterocycles. The number of imidazole rings is 1. The minimum atomic E-state index is -0.240. The van der Waals surface area contributed by atoms with E-state index in [9.17, 15) is 9.18 Å². The second kappa shape index (κ2) is 11.2. The zero-order valence-electron chi connectivity index (χ0n) is 19.6. The molecule has 2 aromatic heterocycles. The van der Waals surface area contributed by atoms with E-state index in [0.29, 0.717) is 24.4 Å². The van der Waals surface area contributed by atoms with Gasteiger partial charge in [-0.2, -0.15) is 0 Å². The highest BCUT2D eigenvalue weighted by atomic mass is 32.2. The molecule has 3 aromatic carbocycles. The van der Waals surface area contributed by atoms with Crippen molar-refractivity contribution in [1.29, 1.82) is 0 Å². The summed E-state index contributed by atoms with van der Waals surface area (Å²) in [7, 11) is 0. The highest BCUT2D eigenvalue weighted by molar-refractivity contribution is 7.98. The molecule has 5 nitrogen and oxygen atoms in total. The van der Waals surface area contributed by atoms with E-state index < -0.39 is 0 Å². The first-order chi connectivity index (χ1) is 17.7. The number of benzene rings is 3. The number of hydrogen-bond donors (Lipinski definition) is 1. The van der Waals surface area contributed by atoms with E-state index in [1.54, 1.807) is 30.1 Å². The summed E-state index contributed by atoms with van der Waals surface area (Å²) >= 11 is 1.60. The van der Waals surface area contributed by atoms with Crippen LogP contribution in [-0.2, 0) is 18.7 Å². The minimum Gasteiger partial charge on any atom is -0.352 e. The van der Waals surface area contributed by atoms with Gasteiger partial charge in [0.15, 0.2) is 5.16 Å². The normalized spacial score (nSPS) is 11.0. The Balaban J connectivity index is 1.26. The summed E-state index contributed by atoms with van der Waals surface area (Å²) in [6, 6.07) is 26.2. The molecule has 0 bridgehead atoms. The number of carbonyl (C=O) groups is 1. The molecule has 0 unspecified atom stereocenters. The molecule has 0 spiro atoms. The first-order valence-electron chi connectivity index (χ1n) is 11.7. The van der Waals surface area contributed by atoms with Gasteiger partial charge in [-0.05, 0) is 53.4 Å². The topological polar surface area (TPSA) is 59.8 Å². The van der Waals surface area contributed by atoms with Crippen LogP contribution >= 0.6 is 11.8 Å². The molecule has 0 fully saturated rings. The van der Waals surface area contributed by atoms with Crippen LogP contribution in [0.15, 0.2) is 102 Å². The number of nitrogens with one attached hydrogen (secondary N) is 1. The Kier molecular flexibility index (Phi) is 7.38. The lowest BCUT2D eigenvalue weighted by atomic mass is 10.1. The van der Waals surface area contributed by atoms with Crippen LogP contribution < -0.4 is 5.32 Å². The number of halogens is 1. The lowest BCUT2D eigenvalue weighted by Gasteiger charge is -2.10. The first-order valence-corrected chi connectivity index (χ1v) is 12.7. The predicted octanol–water partition coefficient (Wildman–Crippen LogP) is 5.88. The van der Waals surface area contributed by atoms with Gasteiger partial charge in [0.25, 0.3) is 5.91 Å². The summed E-state index contributed by atoms with van der Waals surface area (Å²) in [5.74, 6) is 0.361. The van der Waals surface area contributed by atoms with Gasteiger partial charge in [-0.15, -0.1) is 0 Å². The van der Waals surface area contributed by atoms with Crippen LogP contribution in [0.4, 0.5) is 4.39 Å². The van der Waals surface area contributed by atoms with Crippen LogP contribution in [0.25, 0.3) is 11.0 Å². The number of amides is 1. The van der Waals surface area contributed by atoms with E-state index in [2.05, 4.69) is 27.0 Å². The molecule has 1 amide bonds. The van der Waals surface area contributed by atoms with E-state index >= 15 is 0 Å². The van der Waals surface area contributed by atoms with Gasteiger partial charge in [0.2, 0.25) is 0 Å². The van der Waals surface area contributed by atoms with E-state index in [1.165, 1.54) is 17.7 Å². The first kappa shape index (κ1) is 23.8. The van der Waals surface area contributed by atoms with Gasteiger partial charge in [-0.25, -0.2) is 9.37 Å². The van der Waals surface area contributed by atoms with Crippen molar-refractivity contribution in [1.82, 2.24) is 19.9 Å². The maximum atomic E-state index is 13.3. The number of fused-ring (bicyclic) bond motifs is 1. The molecule has 5 aromatic rings. The molecular weight excluding hydrogens is 471 g/mol. The number of nitrogens with zero attached hydrogens (tertiary/aromatic N) is 3. The zero-order chi connectivity index (χ0) is 24.7. The molecule has 0 saturated heterocycles. The van der Waals surface area contributed by atoms with E-state index in [4.69, 9.17) is 4.98 Å². The molecule has 7 heteroatoms. The Hall–Kier alpha value is -3.97. The summed E-state index contributed by atoms with van der Waals surface area (Å²) in [4.78, 5) is 21.6. The SMILES string of the molecule is O=C(NCCc1ccccc1)c1ccc(Cn2c(SCc3ccc(F)cc3)nc3ccncc32)cc1. The highest BCUT2D eigenvalue weighted by Crippen LogP contribution is 2.27. The lowest BCUT2D eigenvalue weighted by Crippen LogP contribution is -2.25. The van der Waals surface area contributed by atoms with Crippen molar-refractivity contribution < 1.29 is 9.18 Å². The van der Waals surface area contributed by atoms with Crippen LogP contribution in [0.3, 0.4) is 0 Å². The van der Waals surface area contributed by atoms with Crippen LogP contribution in [0.1, 0.15) is 27.0 Å². The van der Waals surface area contributed by atoms with E-state index in [-0.39, 0.29) is 11.7 Å². The van der Waals surface area contributed by atoms with Gasteiger partial charge in [-0.3, -0.25) is 9.78 Å². The molecule has 0 aliphatic carbocycles. The lowest BCUT2D eigenvalue weighted by molar-refractivity contribution is 0.0954. The summed E-state index contributed by atoms with van der Waals surface area (Å²) < 4.78 is 15.4. The second-order valence-electron chi connectivity index (χ2n) is 8.45. The number of aromatic nitrogens is 3. The monoisotopic (exact) mass is 496 g/mol. The van der Waals surface area contributed by atoms with Crippen LogP contribution in [0.2, 0.25) is 0 Å². The van der Waals surface area contributed by atoms with Crippen molar-refractivity contribution in [2.75, 3.05) is 6.54 Å². The Labute approximate surface area is 213 Å². The molecule has 36 heavy (non-hydrogen) atoms. The summed E-state index contributed by atoms with van der Waals surface area (Å²) in [5, 5.41) is 3.86. The van der Waals surface area contributed by atoms with Gasteiger partial charge in [-0.1, -0.05) is 66.4 Å². The molecule has 0 radical (unpaired) electrons. The van der Waals surface area contributed by atoms with Crippen molar-refractivity contribution in [2.45, 2.75) is 23.9 Å². The molecule has 0 atom stereocenters. The number of rotatable bonds is 9. The molecule has 180 valence electrons. The fourth-order valence-electron chi connectivity index (χ4n) is 3.95. The van der Waals surface area contributed by atoms with Crippen LogP contribution in [-0.4, -0.2) is 27.0 Å². The summed E-state index contributed by atoms with van der Waals surface area (Å²) in [6.07, 6.45) is 4.35. The van der Waals surface area contributed by atoms with E-state index in [1.807, 2.05) is 54.7 Å². The number of thioether (sulfide) groups is 1. The van der Waals surface area contributed by atoms with Gasteiger partial charge >= 0.3 is 0 Å². The molecule has 1 N–H and O–H groups in total. The maximum absolute atomic E-state index is 13.3. The Bertz CT molecular complexity index is 1450. The smallest absolute Gasteiger partial charge is 0.251 e. The van der Waals surface area contributed by atoms with Crippen LogP contribution in [0.5, 0.6) is 0 Å². The third kappa shape index (κ3) is 5.80. The predicted molar refractivity (Wildman–Crippen MR) is 142 cm³/mol. The Morgan fingerprint density at radius 1 is 0.889 bits per heavy atom. The van der Waals surface area contributed by atoms with E-state index in [0.717, 1.165) is 33.7 Å².